The lowest BCUT2D eigenvalue weighted by Gasteiger charge is -2.18. The molecule has 0 radical (unpaired) electrons. The fourth-order valence-corrected chi connectivity index (χ4v) is 6.87. The lowest BCUT2D eigenvalue weighted by Crippen LogP contribution is -2.30. The average Bonchev–Trinajstić information content (AvgIpc) is 3.31. The van der Waals surface area contributed by atoms with Crippen molar-refractivity contribution in [3.8, 4) is 0 Å². The summed E-state index contributed by atoms with van der Waals surface area (Å²) in [6.07, 6.45) is 72.1. The van der Waals surface area contributed by atoms with E-state index in [4.69, 9.17) is 14.2 Å². The SMILES string of the molecule is CCCC/C=C/C/C=C/CCCCCCCC(=O)OC[C@H](COC(=O)CCC/C=C/C/C=C/C/C=C/C/C=C/CCCCC)OC(=O)CCCCCC/C=C/C/C=C/C/C=C/CCCCC. The van der Waals surface area contributed by atoms with Crippen LogP contribution < -0.4 is 0 Å². The Balaban J connectivity index is 4.56. The maximum atomic E-state index is 12.8. The third kappa shape index (κ3) is 51.1. The molecule has 0 N–H and O–H groups in total. The Hall–Kier alpha value is -3.93. The molecule has 0 aromatic heterocycles. The van der Waals surface area contributed by atoms with Crippen LogP contribution in [0, 0.1) is 0 Å². The largest absolute Gasteiger partial charge is 0.462 e. The van der Waals surface area contributed by atoms with Gasteiger partial charge in [0.1, 0.15) is 13.2 Å². The minimum atomic E-state index is -0.820. The third-order valence-electron chi connectivity index (χ3n) is 11.0. The van der Waals surface area contributed by atoms with Crippen molar-refractivity contribution >= 4 is 17.9 Å². The van der Waals surface area contributed by atoms with E-state index in [1.807, 2.05) is 0 Å². The molecule has 0 heterocycles. The summed E-state index contributed by atoms with van der Waals surface area (Å²) < 4.78 is 16.7. The van der Waals surface area contributed by atoms with E-state index in [9.17, 15) is 14.4 Å². The van der Waals surface area contributed by atoms with Crippen molar-refractivity contribution in [2.75, 3.05) is 13.2 Å². The standard InChI is InChI=1S/C60H98O6/c1-4-7-10-13-16-19-22-25-28-30-32-35-38-41-44-47-50-53-59(62)65-56-57(55-64-58(61)52-49-46-43-40-37-34-27-24-21-18-15-12-9-6-3)66-60(63)54-51-48-45-42-39-36-33-31-29-26-23-20-17-14-11-8-5-2/h15-20,24-29,32-33,35-36,41,44,57H,4-14,21-23,30-31,34,37-40,42-43,45-56H2,1-3H3/b18-15+,19-16+,20-17+,27-24+,28-25+,29-26+,35-32+,36-33+,44-41+/t57-/m1/s1. The fourth-order valence-electron chi connectivity index (χ4n) is 6.87. The molecule has 0 aliphatic carbocycles. The Morgan fingerprint density at radius 2 is 0.576 bits per heavy atom. The molecule has 0 saturated carbocycles. The quantitative estimate of drug-likeness (QED) is 0.0262. The molecule has 0 fully saturated rings. The number of esters is 3. The highest BCUT2D eigenvalue weighted by Crippen LogP contribution is 2.12. The van der Waals surface area contributed by atoms with E-state index in [2.05, 4.69) is 130 Å². The van der Waals surface area contributed by atoms with Gasteiger partial charge in [0.25, 0.3) is 0 Å². The maximum absolute atomic E-state index is 12.8. The molecule has 6 heteroatoms. The van der Waals surface area contributed by atoms with Crippen molar-refractivity contribution in [2.24, 2.45) is 0 Å². The fraction of sp³-hybridized carbons (Fsp3) is 0.650. The smallest absolute Gasteiger partial charge is 0.306 e. The molecule has 0 bridgehead atoms. The van der Waals surface area contributed by atoms with E-state index in [0.29, 0.717) is 12.8 Å². The highest BCUT2D eigenvalue weighted by Gasteiger charge is 2.19. The van der Waals surface area contributed by atoms with E-state index < -0.39 is 6.10 Å². The first kappa shape index (κ1) is 62.1. The maximum Gasteiger partial charge on any atom is 0.306 e. The van der Waals surface area contributed by atoms with Crippen molar-refractivity contribution in [3.05, 3.63) is 109 Å². The molecule has 0 spiro atoms. The van der Waals surface area contributed by atoms with Crippen LogP contribution >= 0.6 is 0 Å². The summed E-state index contributed by atoms with van der Waals surface area (Å²) >= 11 is 0. The summed E-state index contributed by atoms with van der Waals surface area (Å²) in [5, 5.41) is 0. The summed E-state index contributed by atoms with van der Waals surface area (Å²) in [5.41, 5.74) is 0. The van der Waals surface area contributed by atoms with Gasteiger partial charge in [-0.1, -0.05) is 201 Å². The summed E-state index contributed by atoms with van der Waals surface area (Å²) in [7, 11) is 0. The number of allylic oxidation sites excluding steroid dienone is 18. The zero-order valence-corrected chi connectivity index (χ0v) is 42.7. The Morgan fingerprint density at radius 1 is 0.303 bits per heavy atom. The number of rotatable bonds is 47. The number of carbonyl (C=O) groups excluding carboxylic acids is 3. The van der Waals surface area contributed by atoms with Gasteiger partial charge in [-0.2, -0.15) is 0 Å². The van der Waals surface area contributed by atoms with E-state index in [-0.39, 0.29) is 44.0 Å². The summed E-state index contributed by atoms with van der Waals surface area (Å²) in [4.78, 5) is 38.0. The van der Waals surface area contributed by atoms with Gasteiger partial charge in [0.05, 0.1) is 0 Å². The van der Waals surface area contributed by atoms with Crippen molar-refractivity contribution in [1.82, 2.24) is 0 Å². The van der Waals surface area contributed by atoms with Gasteiger partial charge < -0.3 is 14.2 Å². The van der Waals surface area contributed by atoms with Gasteiger partial charge in [-0.05, 0) is 122 Å². The van der Waals surface area contributed by atoms with E-state index in [1.165, 1.54) is 70.6 Å². The normalized spacial score (nSPS) is 13.0. The molecular formula is C60H98O6. The number of ether oxygens (including phenoxy) is 3. The Labute approximate surface area is 406 Å². The van der Waals surface area contributed by atoms with Gasteiger partial charge in [-0.3, -0.25) is 14.4 Å². The van der Waals surface area contributed by atoms with Crippen molar-refractivity contribution in [2.45, 2.75) is 239 Å². The van der Waals surface area contributed by atoms with Crippen LogP contribution in [0.5, 0.6) is 0 Å². The van der Waals surface area contributed by atoms with Gasteiger partial charge in [0.2, 0.25) is 0 Å². The third-order valence-corrected chi connectivity index (χ3v) is 11.0. The molecule has 374 valence electrons. The first-order valence-electron chi connectivity index (χ1n) is 26.9. The predicted molar refractivity (Wildman–Crippen MR) is 283 cm³/mol. The molecule has 66 heavy (non-hydrogen) atoms. The number of unbranched alkanes of at least 4 members (excludes halogenated alkanes) is 18. The molecule has 0 saturated heterocycles. The van der Waals surface area contributed by atoms with Crippen LogP contribution in [0.1, 0.15) is 233 Å². The second-order valence-electron chi connectivity index (χ2n) is 17.4. The minimum Gasteiger partial charge on any atom is -0.462 e. The van der Waals surface area contributed by atoms with Gasteiger partial charge in [-0.15, -0.1) is 0 Å². The molecule has 0 unspecified atom stereocenters. The van der Waals surface area contributed by atoms with E-state index >= 15 is 0 Å². The summed E-state index contributed by atoms with van der Waals surface area (Å²) in [5.74, 6) is -1.01. The lowest BCUT2D eigenvalue weighted by atomic mass is 10.1. The van der Waals surface area contributed by atoms with Crippen LogP contribution in [-0.2, 0) is 28.6 Å². The van der Waals surface area contributed by atoms with E-state index in [1.54, 1.807) is 0 Å². The van der Waals surface area contributed by atoms with Crippen LogP contribution in [0.2, 0.25) is 0 Å². The average molecular weight is 915 g/mol. The highest BCUT2D eigenvalue weighted by atomic mass is 16.6. The molecule has 0 rings (SSSR count). The van der Waals surface area contributed by atoms with Crippen LogP contribution in [0.3, 0.4) is 0 Å². The van der Waals surface area contributed by atoms with Crippen molar-refractivity contribution in [3.63, 3.8) is 0 Å². The molecule has 0 aliphatic rings. The zero-order chi connectivity index (χ0) is 47.9. The summed E-state index contributed by atoms with van der Waals surface area (Å²) in [6, 6.07) is 0. The van der Waals surface area contributed by atoms with E-state index in [0.717, 1.165) is 116 Å². The molecule has 6 nitrogen and oxygen atoms in total. The topological polar surface area (TPSA) is 78.9 Å². The Bertz CT molecular complexity index is 1370. The number of hydrogen-bond acceptors (Lipinski definition) is 6. The summed E-state index contributed by atoms with van der Waals surface area (Å²) in [6.45, 7) is 6.45. The second-order valence-corrected chi connectivity index (χ2v) is 17.4. The molecule has 0 aliphatic heterocycles. The van der Waals surface area contributed by atoms with Crippen LogP contribution in [0.25, 0.3) is 0 Å². The number of hydrogen-bond donors (Lipinski definition) is 0. The second kappa shape index (κ2) is 53.7. The molecular weight excluding hydrogens is 817 g/mol. The molecule has 1 atom stereocenters. The Morgan fingerprint density at radius 3 is 0.955 bits per heavy atom. The molecule has 0 amide bonds. The first-order chi connectivity index (χ1) is 32.5. The van der Waals surface area contributed by atoms with Gasteiger partial charge >= 0.3 is 17.9 Å². The highest BCUT2D eigenvalue weighted by molar-refractivity contribution is 5.71. The molecule has 0 aromatic carbocycles. The molecule has 0 aromatic rings. The number of carbonyl (C=O) groups is 3. The lowest BCUT2D eigenvalue weighted by molar-refractivity contribution is -0.167. The monoisotopic (exact) mass is 915 g/mol. The van der Waals surface area contributed by atoms with Crippen molar-refractivity contribution < 1.29 is 28.6 Å². The van der Waals surface area contributed by atoms with Crippen molar-refractivity contribution in [1.29, 1.82) is 0 Å². The Kier molecular flexibility index (Phi) is 50.5. The van der Waals surface area contributed by atoms with Gasteiger partial charge in [-0.25, -0.2) is 0 Å². The first-order valence-corrected chi connectivity index (χ1v) is 26.9. The minimum absolute atomic E-state index is 0.114. The zero-order valence-electron chi connectivity index (χ0n) is 42.7. The van der Waals surface area contributed by atoms with Crippen LogP contribution in [0.15, 0.2) is 109 Å². The van der Waals surface area contributed by atoms with Crippen LogP contribution in [0.4, 0.5) is 0 Å². The van der Waals surface area contributed by atoms with Gasteiger partial charge in [0, 0.05) is 19.3 Å². The van der Waals surface area contributed by atoms with Crippen LogP contribution in [-0.4, -0.2) is 37.2 Å². The van der Waals surface area contributed by atoms with Gasteiger partial charge in [0.15, 0.2) is 6.10 Å². The predicted octanol–water partition coefficient (Wildman–Crippen LogP) is 17.9.